The van der Waals surface area contributed by atoms with Crippen LogP contribution < -0.4 is 5.32 Å². The van der Waals surface area contributed by atoms with E-state index in [0.717, 1.165) is 28.0 Å². The van der Waals surface area contributed by atoms with Gasteiger partial charge in [-0.15, -0.1) is 0 Å². The van der Waals surface area contributed by atoms with Crippen molar-refractivity contribution in [3.63, 3.8) is 0 Å². The molecule has 0 bridgehead atoms. The first-order valence-electron chi connectivity index (χ1n) is 6.75. The summed E-state index contributed by atoms with van der Waals surface area (Å²) >= 11 is 4.93. The Labute approximate surface area is 131 Å². The lowest BCUT2D eigenvalue weighted by molar-refractivity contribution is -0.115. The minimum Gasteiger partial charge on any atom is -0.301 e. The van der Waals surface area contributed by atoms with Crippen LogP contribution in [0, 0.1) is 0 Å². The second kappa shape index (κ2) is 6.14. The molecule has 0 radical (unpaired) electrons. The zero-order valence-corrected chi connectivity index (χ0v) is 13.3. The number of halogens is 1. The summed E-state index contributed by atoms with van der Waals surface area (Å²) in [7, 11) is 0. The fraction of sp³-hybridized carbons (Fsp3) is 0.333. The predicted molar refractivity (Wildman–Crippen MR) is 87.5 cm³/mol. The molecular weight excluding hydrogens is 336 g/mol. The minimum absolute atomic E-state index is 0.0532. The van der Waals surface area contributed by atoms with Crippen molar-refractivity contribution in [3.8, 4) is 0 Å². The molecule has 0 aromatic heterocycles. The van der Waals surface area contributed by atoms with Crippen LogP contribution in [0.25, 0.3) is 6.08 Å². The van der Waals surface area contributed by atoms with Crippen molar-refractivity contribution in [2.24, 2.45) is 4.99 Å². The van der Waals surface area contributed by atoms with Crippen LogP contribution in [0.15, 0.2) is 38.6 Å². The molecule has 0 spiro atoms. The maximum absolute atomic E-state index is 12.0. The molecule has 1 aromatic rings. The fourth-order valence-electron chi connectivity index (χ4n) is 2.42. The molecule has 1 saturated heterocycles. The zero-order valence-electron chi connectivity index (χ0n) is 10.9. The van der Waals surface area contributed by atoms with Crippen molar-refractivity contribution in [1.29, 1.82) is 0 Å². The average molecular weight is 351 g/mol. The average Bonchev–Trinajstić information content (AvgIpc) is 3.04. The van der Waals surface area contributed by atoms with Gasteiger partial charge in [0.1, 0.15) is 0 Å². The summed E-state index contributed by atoms with van der Waals surface area (Å²) in [6.07, 6.45) is 6.69. The molecule has 0 unspecified atom stereocenters. The van der Waals surface area contributed by atoms with Crippen LogP contribution in [0.1, 0.15) is 31.2 Å². The fourth-order valence-corrected chi connectivity index (χ4v) is 3.70. The maximum atomic E-state index is 12.0. The predicted octanol–water partition coefficient (Wildman–Crippen LogP) is 3.95. The van der Waals surface area contributed by atoms with Crippen molar-refractivity contribution in [1.82, 2.24) is 5.32 Å². The van der Waals surface area contributed by atoms with Gasteiger partial charge in [0.2, 0.25) is 0 Å². The molecule has 3 nitrogen and oxygen atoms in total. The van der Waals surface area contributed by atoms with Crippen LogP contribution in [0.4, 0.5) is 0 Å². The molecule has 1 amide bonds. The zero-order chi connectivity index (χ0) is 13.9. The molecule has 1 aliphatic carbocycles. The van der Waals surface area contributed by atoms with E-state index in [1.807, 2.05) is 30.3 Å². The smallest absolute Gasteiger partial charge is 0.264 e. The number of amides is 1. The molecular formula is C15H15BrN2OS. The van der Waals surface area contributed by atoms with E-state index in [1.54, 1.807) is 0 Å². The highest BCUT2D eigenvalue weighted by Gasteiger charge is 2.25. The molecule has 104 valence electrons. The van der Waals surface area contributed by atoms with Gasteiger partial charge in [0.15, 0.2) is 5.17 Å². The van der Waals surface area contributed by atoms with Gasteiger partial charge in [0, 0.05) is 4.47 Å². The first kappa shape index (κ1) is 13.9. The number of nitrogens with one attached hydrogen (secondary N) is 1. The Morgan fingerprint density at radius 2 is 2.05 bits per heavy atom. The number of carbonyl (C=O) groups excluding carboxylic acids is 1. The van der Waals surface area contributed by atoms with E-state index < -0.39 is 0 Å². The number of hydrogen-bond acceptors (Lipinski definition) is 3. The third-order valence-corrected chi connectivity index (χ3v) is 5.11. The van der Waals surface area contributed by atoms with Crippen molar-refractivity contribution in [3.05, 3.63) is 39.2 Å². The number of nitrogens with zero attached hydrogens (tertiary/aromatic N) is 1. The van der Waals surface area contributed by atoms with E-state index in [-0.39, 0.29) is 5.91 Å². The number of benzene rings is 1. The molecule has 1 heterocycles. The first-order chi connectivity index (χ1) is 9.72. The van der Waals surface area contributed by atoms with Gasteiger partial charge < -0.3 is 5.32 Å². The lowest BCUT2D eigenvalue weighted by Gasteiger charge is -2.02. The summed E-state index contributed by atoms with van der Waals surface area (Å²) < 4.78 is 0.988. The molecule has 1 aliphatic heterocycles. The second-order valence-electron chi connectivity index (χ2n) is 4.96. The van der Waals surface area contributed by atoms with Gasteiger partial charge in [0.25, 0.3) is 5.91 Å². The van der Waals surface area contributed by atoms with Gasteiger partial charge in [0.05, 0.1) is 10.9 Å². The second-order valence-corrected chi connectivity index (χ2v) is 6.84. The van der Waals surface area contributed by atoms with E-state index in [1.165, 1.54) is 24.6 Å². The third kappa shape index (κ3) is 3.15. The quantitative estimate of drug-likeness (QED) is 0.820. The SMILES string of the molecule is O=C1NC(=NC2CCCC2)S/C1=C/c1ccccc1Br. The normalized spacial score (nSPS) is 23.8. The summed E-state index contributed by atoms with van der Waals surface area (Å²) in [6, 6.07) is 8.26. The number of hydrogen-bond donors (Lipinski definition) is 1. The van der Waals surface area contributed by atoms with Gasteiger partial charge in [-0.25, -0.2) is 0 Å². The van der Waals surface area contributed by atoms with Crippen LogP contribution >= 0.6 is 27.7 Å². The molecule has 1 saturated carbocycles. The molecule has 2 aliphatic rings. The van der Waals surface area contributed by atoms with Crippen LogP contribution in [-0.4, -0.2) is 17.1 Å². The highest BCUT2D eigenvalue weighted by atomic mass is 79.9. The Morgan fingerprint density at radius 3 is 2.80 bits per heavy atom. The molecule has 0 atom stereocenters. The highest BCUT2D eigenvalue weighted by molar-refractivity contribution is 9.10. The Balaban J connectivity index is 1.78. The summed E-state index contributed by atoms with van der Waals surface area (Å²) in [5.41, 5.74) is 1.01. The van der Waals surface area contributed by atoms with E-state index in [9.17, 15) is 4.79 Å². The molecule has 1 N–H and O–H groups in total. The van der Waals surface area contributed by atoms with Gasteiger partial charge in [-0.3, -0.25) is 9.79 Å². The van der Waals surface area contributed by atoms with Gasteiger partial charge in [-0.1, -0.05) is 47.0 Å². The minimum atomic E-state index is -0.0532. The van der Waals surface area contributed by atoms with Crippen LogP contribution in [-0.2, 0) is 4.79 Å². The van der Waals surface area contributed by atoms with E-state index in [0.29, 0.717) is 10.9 Å². The first-order valence-corrected chi connectivity index (χ1v) is 8.36. The number of amidine groups is 1. The molecule has 1 aromatic carbocycles. The third-order valence-electron chi connectivity index (χ3n) is 3.47. The Hall–Kier alpha value is -1.07. The Bertz CT molecular complexity index is 591. The van der Waals surface area contributed by atoms with Crippen molar-refractivity contribution >= 4 is 44.8 Å². The number of aliphatic imine (C=N–C) groups is 1. The Morgan fingerprint density at radius 1 is 1.30 bits per heavy atom. The van der Waals surface area contributed by atoms with Crippen LogP contribution in [0.3, 0.4) is 0 Å². The molecule has 2 fully saturated rings. The van der Waals surface area contributed by atoms with Crippen LogP contribution in [0.5, 0.6) is 0 Å². The maximum Gasteiger partial charge on any atom is 0.264 e. The molecule has 3 rings (SSSR count). The van der Waals surface area contributed by atoms with Gasteiger partial charge in [-0.05, 0) is 42.3 Å². The summed E-state index contributed by atoms with van der Waals surface area (Å²) in [4.78, 5) is 17.3. The Kier molecular flexibility index (Phi) is 4.27. The lowest BCUT2D eigenvalue weighted by atomic mass is 10.2. The van der Waals surface area contributed by atoms with Crippen molar-refractivity contribution in [2.45, 2.75) is 31.7 Å². The number of rotatable bonds is 2. The van der Waals surface area contributed by atoms with Crippen LogP contribution in [0.2, 0.25) is 0 Å². The molecule has 5 heteroatoms. The summed E-state index contributed by atoms with van der Waals surface area (Å²) in [6.45, 7) is 0. The van der Waals surface area contributed by atoms with Crippen molar-refractivity contribution < 1.29 is 4.79 Å². The standard InChI is InChI=1S/C15H15BrN2OS/c16-12-8-4-1-5-10(12)9-13-14(19)18-15(20-13)17-11-6-2-3-7-11/h1,4-5,8-9,11H,2-3,6-7H2,(H,17,18,19)/b13-9+. The number of thioether (sulfide) groups is 1. The largest absolute Gasteiger partial charge is 0.301 e. The topological polar surface area (TPSA) is 41.5 Å². The van der Waals surface area contributed by atoms with E-state index in [4.69, 9.17) is 0 Å². The van der Waals surface area contributed by atoms with Crippen molar-refractivity contribution in [2.75, 3.05) is 0 Å². The number of carbonyl (C=O) groups is 1. The van der Waals surface area contributed by atoms with E-state index >= 15 is 0 Å². The lowest BCUT2D eigenvalue weighted by Crippen LogP contribution is -2.21. The van der Waals surface area contributed by atoms with E-state index in [2.05, 4.69) is 26.2 Å². The molecule has 20 heavy (non-hydrogen) atoms. The summed E-state index contributed by atoms with van der Waals surface area (Å²) in [5, 5.41) is 3.61. The van der Waals surface area contributed by atoms with Gasteiger partial charge >= 0.3 is 0 Å². The highest BCUT2D eigenvalue weighted by Crippen LogP contribution is 2.30. The monoisotopic (exact) mass is 350 g/mol. The van der Waals surface area contributed by atoms with Gasteiger partial charge in [-0.2, -0.15) is 0 Å². The summed E-state index contributed by atoms with van der Waals surface area (Å²) in [5.74, 6) is -0.0532.